The Morgan fingerprint density at radius 1 is 1.24 bits per heavy atom. The molecule has 2 N–H and O–H groups in total. The summed E-state index contributed by atoms with van der Waals surface area (Å²) in [5.74, 6) is 1.65. The molecule has 12 heteroatoms. The van der Waals surface area contributed by atoms with E-state index in [-0.39, 0.29) is 18.4 Å². The van der Waals surface area contributed by atoms with Gasteiger partial charge in [0.2, 0.25) is 23.5 Å². The average molecular weight is 521 g/mol. The van der Waals surface area contributed by atoms with Gasteiger partial charge in [-0.2, -0.15) is 15.1 Å². The zero-order chi connectivity index (χ0) is 26.8. The van der Waals surface area contributed by atoms with E-state index in [1.165, 1.54) is 6.08 Å². The van der Waals surface area contributed by atoms with Gasteiger partial charge >= 0.3 is 0 Å². The molecule has 12 nitrogen and oxygen atoms in total. The highest BCUT2D eigenvalue weighted by atomic mass is 16.6. The fraction of sp³-hybridized carbons (Fsp3) is 0.423. The Labute approximate surface area is 220 Å². The summed E-state index contributed by atoms with van der Waals surface area (Å²) in [5.41, 5.74) is 2.97. The van der Waals surface area contributed by atoms with Crippen LogP contribution in [0, 0.1) is 6.92 Å². The summed E-state index contributed by atoms with van der Waals surface area (Å²) in [5, 5.41) is 11.3. The normalized spacial score (nSPS) is 16.9. The first-order valence-electron chi connectivity index (χ1n) is 12.6. The molecule has 2 aliphatic rings. The van der Waals surface area contributed by atoms with Crippen molar-refractivity contribution in [3.63, 3.8) is 0 Å². The maximum atomic E-state index is 12.1. The number of carbonyl (C=O) groups is 2. The lowest BCUT2D eigenvalue weighted by molar-refractivity contribution is -0.128. The van der Waals surface area contributed by atoms with E-state index in [0.29, 0.717) is 62.5 Å². The number of H-pyrrole nitrogens is 1. The van der Waals surface area contributed by atoms with Gasteiger partial charge in [0.15, 0.2) is 11.9 Å². The molecule has 2 amide bonds. The topological polar surface area (TPSA) is 129 Å². The molecule has 1 saturated heterocycles. The molecule has 2 aliphatic heterocycles. The molecule has 3 aromatic rings. The molecule has 0 bridgehead atoms. The molecule has 0 radical (unpaired) electrons. The highest BCUT2D eigenvalue weighted by Crippen LogP contribution is 2.43. The molecule has 4 heterocycles. The number of hydrogen-bond acceptors (Lipinski definition) is 9. The van der Waals surface area contributed by atoms with Gasteiger partial charge in [0, 0.05) is 64.2 Å². The predicted molar refractivity (Wildman–Crippen MR) is 143 cm³/mol. The lowest BCUT2D eigenvalue weighted by Gasteiger charge is -2.37. The third-order valence-electron chi connectivity index (χ3n) is 6.84. The minimum atomic E-state index is -0.392. The number of benzene rings is 1. The Kier molecular flexibility index (Phi) is 7.03. The third-order valence-corrected chi connectivity index (χ3v) is 6.84. The lowest BCUT2D eigenvalue weighted by Crippen LogP contribution is -2.48. The fourth-order valence-electron chi connectivity index (χ4n) is 4.74. The number of nitrogens with zero attached hydrogens (tertiary/aromatic N) is 6. The average Bonchev–Trinajstić information content (AvgIpc) is 3.40. The summed E-state index contributed by atoms with van der Waals surface area (Å²) in [4.78, 5) is 38.8. The van der Waals surface area contributed by atoms with E-state index >= 15 is 0 Å². The molecule has 0 saturated carbocycles. The quantitative estimate of drug-likeness (QED) is 0.449. The SMILES string of the molecule is C=CC(=O)N1CCN(c2nc(NCCC(=O)N(C)C)nc3c2OCC(c2c(C)ccc4[nH]ncc24)O3)CC1. The van der Waals surface area contributed by atoms with Gasteiger partial charge in [-0.1, -0.05) is 12.6 Å². The monoisotopic (exact) mass is 520 g/mol. The summed E-state index contributed by atoms with van der Waals surface area (Å²) >= 11 is 0. The van der Waals surface area contributed by atoms with E-state index in [2.05, 4.69) is 32.0 Å². The molecule has 1 unspecified atom stereocenters. The van der Waals surface area contributed by atoms with Crippen LogP contribution in [0.4, 0.5) is 11.8 Å². The number of carbonyl (C=O) groups excluding carboxylic acids is 2. The Morgan fingerprint density at radius 3 is 2.76 bits per heavy atom. The van der Waals surface area contributed by atoms with Crippen LogP contribution < -0.4 is 19.7 Å². The van der Waals surface area contributed by atoms with E-state index in [1.807, 2.05) is 19.1 Å². The van der Waals surface area contributed by atoms with Crippen LogP contribution in [-0.2, 0) is 9.59 Å². The number of aromatic amines is 1. The largest absolute Gasteiger partial charge is 0.481 e. The maximum Gasteiger partial charge on any atom is 0.265 e. The molecular formula is C26H32N8O4. The number of anilines is 2. The smallest absolute Gasteiger partial charge is 0.265 e. The molecule has 5 rings (SSSR count). The lowest BCUT2D eigenvalue weighted by atomic mass is 9.99. The summed E-state index contributed by atoms with van der Waals surface area (Å²) in [7, 11) is 3.45. The molecule has 2 aromatic heterocycles. The van der Waals surface area contributed by atoms with Crippen LogP contribution in [-0.4, -0.2) is 95.2 Å². The number of piperazine rings is 1. The van der Waals surface area contributed by atoms with Crippen molar-refractivity contribution in [2.75, 3.05) is 63.6 Å². The second-order valence-corrected chi connectivity index (χ2v) is 9.53. The molecule has 200 valence electrons. The molecule has 1 atom stereocenters. The van der Waals surface area contributed by atoms with Gasteiger partial charge in [0.1, 0.15) is 6.61 Å². The van der Waals surface area contributed by atoms with Crippen molar-refractivity contribution in [2.45, 2.75) is 19.4 Å². The van der Waals surface area contributed by atoms with Crippen molar-refractivity contribution in [2.24, 2.45) is 0 Å². The van der Waals surface area contributed by atoms with Crippen LogP contribution in [0.25, 0.3) is 10.9 Å². The number of amides is 2. The zero-order valence-corrected chi connectivity index (χ0v) is 21.9. The highest BCUT2D eigenvalue weighted by Gasteiger charge is 2.33. The van der Waals surface area contributed by atoms with Crippen LogP contribution in [0.15, 0.2) is 31.0 Å². The number of aromatic nitrogens is 4. The van der Waals surface area contributed by atoms with Gasteiger partial charge in [0.25, 0.3) is 5.88 Å². The molecule has 1 aromatic carbocycles. The van der Waals surface area contributed by atoms with Crippen LogP contribution in [0.2, 0.25) is 0 Å². The predicted octanol–water partition coefficient (Wildman–Crippen LogP) is 1.90. The molecular weight excluding hydrogens is 488 g/mol. The van der Waals surface area contributed by atoms with Gasteiger partial charge in [-0.25, -0.2) is 0 Å². The number of rotatable bonds is 7. The number of ether oxygens (including phenoxy) is 2. The second kappa shape index (κ2) is 10.6. The van der Waals surface area contributed by atoms with Crippen molar-refractivity contribution in [3.05, 3.63) is 42.1 Å². The number of nitrogens with one attached hydrogen (secondary N) is 2. The number of aryl methyl sites for hydroxylation is 1. The van der Waals surface area contributed by atoms with Crippen molar-refractivity contribution < 1.29 is 19.1 Å². The zero-order valence-electron chi connectivity index (χ0n) is 21.9. The van der Waals surface area contributed by atoms with Crippen molar-refractivity contribution in [1.29, 1.82) is 0 Å². The van der Waals surface area contributed by atoms with E-state index in [1.54, 1.807) is 30.1 Å². The third kappa shape index (κ3) is 4.93. The Hall–Kier alpha value is -4.35. The Morgan fingerprint density at radius 2 is 2.03 bits per heavy atom. The van der Waals surface area contributed by atoms with E-state index in [9.17, 15) is 9.59 Å². The van der Waals surface area contributed by atoms with Crippen LogP contribution >= 0.6 is 0 Å². The number of fused-ring (bicyclic) bond motifs is 2. The summed E-state index contributed by atoms with van der Waals surface area (Å²) in [6.07, 6.45) is 3.03. The maximum absolute atomic E-state index is 12.1. The van der Waals surface area contributed by atoms with Gasteiger partial charge in [-0.05, 0) is 24.6 Å². The van der Waals surface area contributed by atoms with Crippen molar-refractivity contribution >= 4 is 34.5 Å². The minimum absolute atomic E-state index is 0.00187. The number of hydrogen-bond donors (Lipinski definition) is 2. The molecule has 38 heavy (non-hydrogen) atoms. The van der Waals surface area contributed by atoms with Gasteiger partial charge < -0.3 is 29.5 Å². The standard InChI is InChI=1S/C26H32N8O4/c1-5-20(35)33-10-12-34(13-11-33)24-23-25(30-26(29-24)27-9-8-21(36)32(3)4)38-19(15-37-23)22-16(2)6-7-18-17(22)14-28-31-18/h5-7,14,19H,1,8-13,15H2,2-4H3,(H,28,31)(H,27,29,30). The van der Waals surface area contributed by atoms with E-state index in [4.69, 9.17) is 14.5 Å². The van der Waals surface area contributed by atoms with Crippen molar-refractivity contribution in [3.8, 4) is 11.6 Å². The first-order valence-corrected chi connectivity index (χ1v) is 12.6. The molecule has 0 spiro atoms. The fourth-order valence-corrected chi connectivity index (χ4v) is 4.74. The van der Waals surface area contributed by atoms with E-state index in [0.717, 1.165) is 22.0 Å². The molecule has 0 aliphatic carbocycles. The first kappa shape index (κ1) is 25.3. The molecule has 1 fully saturated rings. The Bertz CT molecular complexity index is 1360. The van der Waals surface area contributed by atoms with Crippen LogP contribution in [0.1, 0.15) is 23.7 Å². The Balaban J connectivity index is 1.44. The van der Waals surface area contributed by atoms with Gasteiger partial charge in [-0.3, -0.25) is 14.7 Å². The summed E-state index contributed by atoms with van der Waals surface area (Å²) < 4.78 is 12.7. The second-order valence-electron chi connectivity index (χ2n) is 9.53. The summed E-state index contributed by atoms with van der Waals surface area (Å²) in [6, 6.07) is 4.02. The minimum Gasteiger partial charge on any atom is -0.481 e. The van der Waals surface area contributed by atoms with Gasteiger partial charge in [0.05, 0.1) is 11.7 Å². The van der Waals surface area contributed by atoms with Crippen molar-refractivity contribution in [1.82, 2.24) is 30.0 Å². The van der Waals surface area contributed by atoms with Crippen LogP contribution in [0.5, 0.6) is 11.6 Å². The first-order chi connectivity index (χ1) is 18.4. The van der Waals surface area contributed by atoms with E-state index < -0.39 is 6.10 Å². The summed E-state index contributed by atoms with van der Waals surface area (Å²) in [6.45, 7) is 8.49. The van der Waals surface area contributed by atoms with Crippen LogP contribution in [0.3, 0.4) is 0 Å². The highest BCUT2D eigenvalue weighted by molar-refractivity contribution is 5.87. The van der Waals surface area contributed by atoms with Gasteiger partial charge in [-0.15, -0.1) is 0 Å².